The fourth-order valence-corrected chi connectivity index (χ4v) is 5.95. The summed E-state index contributed by atoms with van der Waals surface area (Å²) in [6.07, 6.45) is 3.92. The number of anilines is 3. The molecular weight excluding hydrogens is 500 g/mol. The minimum atomic E-state index is 0.638. The van der Waals surface area contributed by atoms with Crippen LogP contribution in [-0.4, -0.2) is 9.13 Å². The number of nitrogen functional groups attached to an aromatic ring is 1. The maximum atomic E-state index is 6.99. The molecule has 0 radical (unpaired) electrons. The molecule has 0 fully saturated rings. The molecule has 2 heterocycles. The van der Waals surface area contributed by atoms with E-state index < -0.39 is 0 Å². The van der Waals surface area contributed by atoms with Crippen LogP contribution in [0.3, 0.4) is 0 Å². The Morgan fingerprint density at radius 3 is 2.05 bits per heavy atom. The molecule has 41 heavy (non-hydrogen) atoms. The summed E-state index contributed by atoms with van der Waals surface area (Å²) in [5.74, 6) is 0.638. The minimum Gasteiger partial charge on any atom is -0.383 e. The molecule has 7 rings (SSSR count). The monoisotopic (exact) mass is 530 g/mol. The Hall–Kier alpha value is -5.48. The van der Waals surface area contributed by atoms with Gasteiger partial charge >= 0.3 is 0 Å². The summed E-state index contributed by atoms with van der Waals surface area (Å²) in [5, 5.41) is 7.01. The lowest BCUT2D eigenvalue weighted by molar-refractivity contribution is 1.15. The molecule has 198 valence electrons. The minimum absolute atomic E-state index is 0.638. The van der Waals surface area contributed by atoms with Crippen LogP contribution in [0.4, 0.5) is 17.2 Å². The normalized spacial score (nSPS) is 11.9. The van der Waals surface area contributed by atoms with Gasteiger partial charge in [-0.25, -0.2) is 0 Å². The van der Waals surface area contributed by atoms with Gasteiger partial charge in [0.05, 0.1) is 22.2 Å². The number of aromatic nitrogens is 2. The van der Waals surface area contributed by atoms with Crippen LogP contribution in [0, 0.1) is 0 Å². The summed E-state index contributed by atoms with van der Waals surface area (Å²) in [7, 11) is 0. The van der Waals surface area contributed by atoms with Gasteiger partial charge in [0, 0.05) is 33.2 Å². The lowest BCUT2D eigenvalue weighted by Gasteiger charge is -2.13. The van der Waals surface area contributed by atoms with Gasteiger partial charge in [-0.2, -0.15) is 0 Å². The van der Waals surface area contributed by atoms with Crippen molar-refractivity contribution in [3.63, 3.8) is 0 Å². The van der Waals surface area contributed by atoms with Crippen LogP contribution < -0.4 is 11.1 Å². The second-order valence-corrected chi connectivity index (χ2v) is 10.1. The van der Waals surface area contributed by atoms with E-state index in [0.717, 1.165) is 44.7 Å². The third-order valence-corrected chi connectivity index (χ3v) is 7.82. The number of allylic oxidation sites excluding steroid dienone is 3. The number of nitrogens with zero attached hydrogens (tertiary/aromatic N) is 2. The average Bonchev–Trinajstić information content (AvgIpc) is 3.51. The van der Waals surface area contributed by atoms with Crippen molar-refractivity contribution in [1.29, 1.82) is 0 Å². The molecule has 2 aromatic heterocycles. The molecule has 4 nitrogen and oxygen atoms in total. The Kier molecular flexibility index (Phi) is 5.94. The van der Waals surface area contributed by atoms with E-state index in [1.54, 1.807) is 0 Å². The maximum absolute atomic E-state index is 6.99. The van der Waals surface area contributed by atoms with E-state index in [9.17, 15) is 0 Å². The number of fused-ring (bicyclic) bond motifs is 5. The topological polar surface area (TPSA) is 47.9 Å². The number of hydrogen-bond acceptors (Lipinski definition) is 2. The molecule has 7 aromatic rings. The Morgan fingerprint density at radius 2 is 1.37 bits per heavy atom. The second kappa shape index (κ2) is 9.92. The molecule has 4 heteroatoms. The zero-order chi connectivity index (χ0) is 27.9. The Balaban J connectivity index is 1.64. The number of nitrogens with one attached hydrogen (secondary N) is 1. The Morgan fingerprint density at radius 1 is 0.707 bits per heavy atom. The highest BCUT2D eigenvalue weighted by Crippen LogP contribution is 2.45. The van der Waals surface area contributed by atoms with E-state index >= 15 is 0 Å². The van der Waals surface area contributed by atoms with Crippen molar-refractivity contribution in [3.8, 4) is 16.8 Å². The van der Waals surface area contributed by atoms with Crippen molar-refractivity contribution in [1.82, 2.24) is 9.13 Å². The first kappa shape index (κ1) is 24.6. The van der Waals surface area contributed by atoms with Gasteiger partial charge in [-0.05, 0) is 66.6 Å². The van der Waals surface area contributed by atoms with Gasteiger partial charge in [-0.3, -0.25) is 4.57 Å². The molecule has 0 aliphatic heterocycles. The Labute approximate surface area is 239 Å². The molecule has 0 aliphatic rings. The molecule has 0 saturated heterocycles. The van der Waals surface area contributed by atoms with Gasteiger partial charge in [-0.15, -0.1) is 0 Å². The standard InChI is InChI=1S/C37H30N4/c1-3-28(4-2)41-36-31(34(37(41)38)39-27-16-10-6-11-17-27)22-21-30-32-24-26(25-14-8-5-9-15-25)20-23-33(32)40(35(30)36)29-18-12-7-13-19-29/h3-24,39H,1,38H2,2H3/b28-4+. The molecule has 0 spiro atoms. The highest BCUT2D eigenvalue weighted by Gasteiger charge is 2.23. The van der Waals surface area contributed by atoms with Gasteiger partial charge < -0.3 is 15.6 Å². The lowest BCUT2D eigenvalue weighted by Crippen LogP contribution is -2.03. The fourth-order valence-electron chi connectivity index (χ4n) is 5.95. The molecule has 0 bridgehead atoms. The van der Waals surface area contributed by atoms with Gasteiger partial charge in [-0.1, -0.05) is 91.5 Å². The maximum Gasteiger partial charge on any atom is 0.133 e. The molecule has 0 amide bonds. The van der Waals surface area contributed by atoms with Crippen molar-refractivity contribution in [2.75, 3.05) is 11.1 Å². The lowest BCUT2D eigenvalue weighted by atomic mass is 10.0. The van der Waals surface area contributed by atoms with Crippen LogP contribution in [-0.2, 0) is 0 Å². The quantitative estimate of drug-likeness (QED) is 0.210. The van der Waals surface area contributed by atoms with E-state index in [4.69, 9.17) is 5.73 Å². The van der Waals surface area contributed by atoms with Crippen molar-refractivity contribution in [2.24, 2.45) is 0 Å². The Bertz CT molecular complexity index is 2080. The number of benzene rings is 5. The van der Waals surface area contributed by atoms with Crippen LogP contribution >= 0.6 is 0 Å². The molecular formula is C37H30N4. The van der Waals surface area contributed by atoms with Gasteiger partial charge in [0.2, 0.25) is 0 Å². The predicted octanol–water partition coefficient (Wildman–Crippen LogP) is 9.78. The first-order valence-corrected chi connectivity index (χ1v) is 13.8. The predicted molar refractivity (Wildman–Crippen MR) is 176 cm³/mol. The average molecular weight is 531 g/mol. The molecule has 5 aromatic carbocycles. The highest BCUT2D eigenvalue weighted by molar-refractivity contribution is 6.22. The van der Waals surface area contributed by atoms with E-state index in [1.807, 2.05) is 31.2 Å². The number of nitrogens with two attached hydrogens (primary N) is 1. The number of hydrogen-bond donors (Lipinski definition) is 2. The van der Waals surface area contributed by atoms with Crippen LogP contribution in [0.2, 0.25) is 0 Å². The van der Waals surface area contributed by atoms with Gasteiger partial charge in [0.25, 0.3) is 0 Å². The highest BCUT2D eigenvalue weighted by atomic mass is 15.1. The zero-order valence-electron chi connectivity index (χ0n) is 22.9. The fraction of sp³-hybridized carbons (Fsp3) is 0.0270. The van der Waals surface area contributed by atoms with Crippen molar-refractivity contribution >= 4 is 55.6 Å². The largest absolute Gasteiger partial charge is 0.383 e. The van der Waals surface area contributed by atoms with Crippen molar-refractivity contribution in [3.05, 3.63) is 140 Å². The molecule has 0 atom stereocenters. The number of para-hydroxylation sites is 2. The third kappa shape index (κ3) is 3.92. The molecule has 3 N–H and O–H groups in total. The first-order chi connectivity index (χ1) is 20.2. The van der Waals surface area contributed by atoms with Crippen LogP contribution in [0.5, 0.6) is 0 Å². The summed E-state index contributed by atoms with van der Waals surface area (Å²) < 4.78 is 4.49. The van der Waals surface area contributed by atoms with Gasteiger partial charge in [0.15, 0.2) is 0 Å². The van der Waals surface area contributed by atoms with Gasteiger partial charge in [0.1, 0.15) is 5.82 Å². The zero-order valence-corrected chi connectivity index (χ0v) is 22.9. The van der Waals surface area contributed by atoms with Crippen molar-refractivity contribution in [2.45, 2.75) is 6.92 Å². The van der Waals surface area contributed by atoms with E-state index in [2.05, 4.69) is 130 Å². The van der Waals surface area contributed by atoms with Crippen LogP contribution in [0.15, 0.2) is 140 Å². The molecule has 0 saturated carbocycles. The summed E-state index contributed by atoms with van der Waals surface area (Å²) in [6, 6.07) is 42.4. The summed E-state index contributed by atoms with van der Waals surface area (Å²) in [5.41, 5.74) is 16.5. The van der Waals surface area contributed by atoms with Crippen LogP contribution in [0.1, 0.15) is 6.92 Å². The molecule has 0 unspecified atom stereocenters. The number of rotatable bonds is 6. The van der Waals surface area contributed by atoms with E-state index in [0.29, 0.717) is 5.82 Å². The van der Waals surface area contributed by atoms with Crippen LogP contribution in [0.25, 0.3) is 55.2 Å². The SMILES string of the molecule is C=C/C(=C\C)n1c(N)c(Nc2ccccc2)c2ccc3c4cc(-c5ccccc5)ccc4n(-c4ccccc4)c3c21. The summed E-state index contributed by atoms with van der Waals surface area (Å²) in [6.45, 7) is 6.15. The van der Waals surface area contributed by atoms with E-state index in [-0.39, 0.29) is 0 Å². The first-order valence-electron chi connectivity index (χ1n) is 13.8. The van der Waals surface area contributed by atoms with E-state index in [1.165, 1.54) is 21.9 Å². The second-order valence-electron chi connectivity index (χ2n) is 10.1. The summed E-state index contributed by atoms with van der Waals surface area (Å²) >= 11 is 0. The van der Waals surface area contributed by atoms with Crippen molar-refractivity contribution < 1.29 is 0 Å². The third-order valence-electron chi connectivity index (χ3n) is 7.82. The smallest absolute Gasteiger partial charge is 0.133 e. The summed E-state index contributed by atoms with van der Waals surface area (Å²) in [4.78, 5) is 0. The molecule has 0 aliphatic carbocycles.